The van der Waals surface area contributed by atoms with Crippen molar-refractivity contribution >= 4 is 28.9 Å². The van der Waals surface area contributed by atoms with Gasteiger partial charge < -0.3 is 11.1 Å². The van der Waals surface area contributed by atoms with Crippen molar-refractivity contribution in [1.82, 2.24) is 9.78 Å². The van der Waals surface area contributed by atoms with Crippen molar-refractivity contribution in [2.75, 3.05) is 5.32 Å². The highest BCUT2D eigenvalue weighted by Gasteiger charge is 2.32. The first-order valence-corrected chi connectivity index (χ1v) is 12.6. The summed E-state index contributed by atoms with van der Waals surface area (Å²) in [5.74, 6) is -2.27. The molecule has 0 spiro atoms. The molecule has 1 atom stereocenters. The number of benzene rings is 2. The predicted molar refractivity (Wildman–Crippen MR) is 144 cm³/mol. The molecule has 1 aliphatic rings. The standard InChI is InChI=1S/C29H34FN5O2/c1-6-13-29(4,5)20-9-7-19(8-10-20)16-35-18(3)26(17(2)34-35)33-28(37)23-15-25(27(31)36)32-24-14-21(30)11-12-22(23)24/h7-12,14,23H,6,13,15-16H2,1-5H3,(H2,31,36)(H,33,37). The van der Waals surface area contributed by atoms with Crippen LogP contribution in [0.4, 0.5) is 15.8 Å². The maximum absolute atomic E-state index is 13.8. The molecule has 1 unspecified atom stereocenters. The molecule has 0 saturated carbocycles. The Labute approximate surface area is 217 Å². The van der Waals surface area contributed by atoms with Crippen molar-refractivity contribution in [3.8, 4) is 0 Å². The minimum atomic E-state index is -0.725. The Hall–Kier alpha value is -3.81. The minimum absolute atomic E-state index is 0.0484. The summed E-state index contributed by atoms with van der Waals surface area (Å²) in [6, 6.07) is 12.6. The first-order chi connectivity index (χ1) is 17.5. The number of hydrogen-bond acceptors (Lipinski definition) is 4. The van der Waals surface area contributed by atoms with Crippen LogP contribution in [0.1, 0.15) is 74.0 Å². The van der Waals surface area contributed by atoms with E-state index in [9.17, 15) is 14.0 Å². The number of hydrogen-bond donors (Lipinski definition) is 2. The van der Waals surface area contributed by atoms with E-state index in [1.807, 2.05) is 18.5 Å². The van der Waals surface area contributed by atoms with E-state index >= 15 is 0 Å². The van der Waals surface area contributed by atoms with E-state index in [1.165, 1.54) is 23.8 Å². The van der Waals surface area contributed by atoms with E-state index < -0.39 is 17.6 Å². The second kappa shape index (κ2) is 10.3. The number of anilines is 1. The number of carbonyl (C=O) groups excluding carboxylic acids is 2. The molecule has 0 aliphatic carbocycles. The number of fused-ring (bicyclic) bond motifs is 1. The highest BCUT2D eigenvalue weighted by atomic mass is 19.1. The van der Waals surface area contributed by atoms with Crippen LogP contribution in [0.3, 0.4) is 0 Å². The maximum atomic E-state index is 13.8. The number of primary amides is 1. The van der Waals surface area contributed by atoms with Gasteiger partial charge in [-0.3, -0.25) is 14.3 Å². The van der Waals surface area contributed by atoms with Crippen LogP contribution in [-0.2, 0) is 21.5 Å². The minimum Gasteiger partial charge on any atom is -0.365 e. The largest absolute Gasteiger partial charge is 0.365 e. The molecule has 7 nitrogen and oxygen atoms in total. The number of nitrogens with two attached hydrogens (primary N) is 1. The lowest BCUT2D eigenvalue weighted by atomic mass is 9.80. The normalized spacial score (nSPS) is 15.2. The molecule has 0 radical (unpaired) electrons. The van der Waals surface area contributed by atoms with E-state index in [2.05, 4.69) is 60.4 Å². The number of aryl methyl sites for hydroxylation is 1. The van der Waals surface area contributed by atoms with Gasteiger partial charge in [-0.15, -0.1) is 0 Å². The quantitative estimate of drug-likeness (QED) is 0.427. The molecule has 0 fully saturated rings. The molecule has 0 bridgehead atoms. The third-order valence-corrected chi connectivity index (χ3v) is 7.19. The van der Waals surface area contributed by atoms with Gasteiger partial charge in [0.05, 0.1) is 35.2 Å². The number of aliphatic imine (C=N–C) groups is 1. The molecule has 8 heteroatoms. The smallest absolute Gasteiger partial charge is 0.263 e. The van der Waals surface area contributed by atoms with Crippen LogP contribution in [0.15, 0.2) is 47.5 Å². The predicted octanol–water partition coefficient (Wildman–Crippen LogP) is 5.45. The summed E-state index contributed by atoms with van der Waals surface area (Å²) < 4.78 is 15.7. The fourth-order valence-electron chi connectivity index (χ4n) is 5.04. The molecule has 2 aromatic carbocycles. The topological polar surface area (TPSA) is 102 Å². The number of nitrogens with one attached hydrogen (secondary N) is 1. The lowest BCUT2D eigenvalue weighted by Gasteiger charge is -2.25. The fraction of sp³-hybridized carbons (Fsp3) is 0.379. The summed E-state index contributed by atoms with van der Waals surface area (Å²) >= 11 is 0. The van der Waals surface area contributed by atoms with E-state index in [1.54, 1.807) is 0 Å². The summed E-state index contributed by atoms with van der Waals surface area (Å²) in [5.41, 5.74) is 11.0. The molecule has 1 aliphatic heterocycles. The monoisotopic (exact) mass is 503 g/mol. The molecule has 4 rings (SSSR count). The summed E-state index contributed by atoms with van der Waals surface area (Å²) in [5, 5.41) is 7.65. The molecule has 1 aromatic heterocycles. The molecule has 37 heavy (non-hydrogen) atoms. The SMILES string of the molecule is CCCC(C)(C)c1ccc(Cn2nc(C)c(NC(=O)C3CC(C(N)=O)=Nc4cc(F)ccc43)c2C)cc1. The first kappa shape index (κ1) is 26.3. The maximum Gasteiger partial charge on any atom is 0.263 e. The summed E-state index contributed by atoms with van der Waals surface area (Å²) in [7, 11) is 0. The van der Waals surface area contributed by atoms with E-state index in [-0.39, 0.29) is 29.1 Å². The lowest BCUT2D eigenvalue weighted by Crippen LogP contribution is -2.32. The van der Waals surface area contributed by atoms with Gasteiger partial charge in [0.25, 0.3) is 5.91 Å². The van der Waals surface area contributed by atoms with Gasteiger partial charge in [0.15, 0.2) is 0 Å². The zero-order chi connectivity index (χ0) is 26.9. The number of aromatic nitrogens is 2. The van der Waals surface area contributed by atoms with Gasteiger partial charge in [-0.2, -0.15) is 5.10 Å². The third-order valence-electron chi connectivity index (χ3n) is 7.19. The number of amides is 2. The number of rotatable bonds is 8. The molecule has 2 amide bonds. The Kier molecular flexibility index (Phi) is 7.30. The van der Waals surface area contributed by atoms with E-state index in [4.69, 9.17) is 5.73 Å². The van der Waals surface area contributed by atoms with E-state index in [0.29, 0.717) is 23.5 Å². The van der Waals surface area contributed by atoms with Crippen LogP contribution in [0, 0.1) is 19.7 Å². The van der Waals surface area contributed by atoms with Gasteiger partial charge in [0.1, 0.15) is 11.5 Å². The van der Waals surface area contributed by atoms with Gasteiger partial charge in [0, 0.05) is 6.42 Å². The van der Waals surface area contributed by atoms with E-state index in [0.717, 1.165) is 24.1 Å². The zero-order valence-corrected chi connectivity index (χ0v) is 22.1. The highest BCUT2D eigenvalue weighted by molar-refractivity contribution is 6.39. The van der Waals surface area contributed by atoms with Gasteiger partial charge in [-0.25, -0.2) is 9.38 Å². The van der Waals surface area contributed by atoms with Gasteiger partial charge in [-0.1, -0.05) is 57.5 Å². The van der Waals surface area contributed by atoms with Crippen molar-refractivity contribution < 1.29 is 14.0 Å². The Balaban J connectivity index is 1.54. The molecule has 3 N–H and O–H groups in total. The second-order valence-electron chi connectivity index (χ2n) is 10.4. The number of halogens is 1. The molecule has 2 heterocycles. The third kappa shape index (κ3) is 5.48. The zero-order valence-electron chi connectivity index (χ0n) is 22.1. The number of nitrogens with zero attached hydrogens (tertiary/aromatic N) is 3. The van der Waals surface area contributed by atoms with Crippen molar-refractivity contribution in [2.24, 2.45) is 10.7 Å². The van der Waals surface area contributed by atoms with Crippen LogP contribution >= 0.6 is 0 Å². The Morgan fingerprint density at radius 2 is 1.86 bits per heavy atom. The molecule has 194 valence electrons. The van der Waals surface area contributed by atoms with Gasteiger partial charge >= 0.3 is 0 Å². The lowest BCUT2D eigenvalue weighted by molar-refractivity contribution is -0.117. The van der Waals surface area contributed by atoms with Crippen molar-refractivity contribution in [3.05, 3.63) is 76.4 Å². The number of carbonyl (C=O) groups is 2. The first-order valence-electron chi connectivity index (χ1n) is 12.6. The van der Waals surface area contributed by atoms with Gasteiger partial charge in [0.2, 0.25) is 5.91 Å². The molecule has 3 aromatic rings. The Morgan fingerprint density at radius 1 is 1.16 bits per heavy atom. The molecular formula is C29H34FN5O2. The summed E-state index contributed by atoms with van der Waals surface area (Å²) in [6.45, 7) is 11.1. The summed E-state index contributed by atoms with van der Waals surface area (Å²) in [4.78, 5) is 29.4. The van der Waals surface area contributed by atoms with Crippen LogP contribution in [0.2, 0.25) is 0 Å². The summed E-state index contributed by atoms with van der Waals surface area (Å²) in [6.07, 6.45) is 2.31. The van der Waals surface area contributed by atoms with Crippen LogP contribution in [0.25, 0.3) is 0 Å². The van der Waals surface area contributed by atoms with Crippen LogP contribution in [0.5, 0.6) is 0 Å². The van der Waals surface area contributed by atoms with Crippen molar-refractivity contribution in [1.29, 1.82) is 0 Å². The fourth-order valence-corrected chi connectivity index (χ4v) is 5.04. The second-order valence-corrected chi connectivity index (χ2v) is 10.4. The van der Waals surface area contributed by atoms with Crippen molar-refractivity contribution in [3.63, 3.8) is 0 Å². The van der Waals surface area contributed by atoms with Crippen molar-refractivity contribution in [2.45, 2.75) is 71.8 Å². The highest BCUT2D eigenvalue weighted by Crippen LogP contribution is 2.36. The Bertz CT molecular complexity index is 1370. The Morgan fingerprint density at radius 3 is 2.51 bits per heavy atom. The average Bonchev–Trinajstić information content (AvgIpc) is 3.10. The van der Waals surface area contributed by atoms with Crippen LogP contribution in [-0.4, -0.2) is 27.3 Å². The average molecular weight is 504 g/mol. The molecular weight excluding hydrogens is 469 g/mol. The van der Waals surface area contributed by atoms with Crippen LogP contribution < -0.4 is 11.1 Å². The van der Waals surface area contributed by atoms with Gasteiger partial charge in [-0.05, 0) is 54.5 Å². The molecule has 0 saturated heterocycles.